The Kier molecular flexibility index (Phi) is 10.7. The van der Waals surface area contributed by atoms with Crippen LogP contribution in [0.5, 0.6) is 0 Å². The average Bonchev–Trinajstić information content (AvgIpc) is 2.62. The maximum atomic E-state index is 12.3. The molecule has 0 aromatic heterocycles. The lowest BCUT2D eigenvalue weighted by Crippen LogP contribution is -2.17. The molecule has 0 aliphatic rings. The quantitative estimate of drug-likeness (QED) is 0.341. The van der Waals surface area contributed by atoms with Crippen molar-refractivity contribution in [2.24, 2.45) is 0 Å². The van der Waals surface area contributed by atoms with E-state index in [1.54, 1.807) is 24.3 Å². The third-order valence-corrected chi connectivity index (χ3v) is 4.38. The molecule has 2 unspecified atom stereocenters. The smallest absolute Gasteiger partial charge is 0.338 e. The molecular formula is C22H34O4. The number of hydrogen-bond acceptors (Lipinski definition) is 4. The summed E-state index contributed by atoms with van der Waals surface area (Å²) in [6.45, 7) is 8.10. The van der Waals surface area contributed by atoms with Gasteiger partial charge in [0.2, 0.25) is 0 Å². The molecule has 0 aliphatic heterocycles. The fourth-order valence-electron chi connectivity index (χ4n) is 2.76. The highest BCUT2D eigenvalue weighted by Gasteiger charge is 2.16. The molecule has 0 aliphatic carbocycles. The molecule has 4 heteroatoms. The van der Waals surface area contributed by atoms with Crippen molar-refractivity contribution < 1.29 is 19.1 Å². The number of rotatable bonds is 12. The van der Waals surface area contributed by atoms with Crippen LogP contribution in [0, 0.1) is 0 Å². The maximum absolute atomic E-state index is 12.3. The average molecular weight is 363 g/mol. The molecule has 2 atom stereocenters. The van der Waals surface area contributed by atoms with E-state index in [-0.39, 0.29) is 24.1 Å². The molecule has 0 radical (unpaired) electrons. The number of carbonyl (C=O) groups is 2. The second kappa shape index (κ2) is 12.5. The van der Waals surface area contributed by atoms with E-state index in [1.165, 1.54) is 0 Å². The lowest BCUT2D eigenvalue weighted by atomic mass is 10.1. The molecule has 0 amide bonds. The van der Waals surface area contributed by atoms with Crippen LogP contribution in [0.1, 0.15) is 99.8 Å². The minimum absolute atomic E-state index is 0.122. The van der Waals surface area contributed by atoms with Crippen LogP contribution in [0.25, 0.3) is 0 Å². The van der Waals surface area contributed by atoms with E-state index in [4.69, 9.17) is 9.47 Å². The van der Waals surface area contributed by atoms with Gasteiger partial charge in [-0.3, -0.25) is 0 Å². The summed E-state index contributed by atoms with van der Waals surface area (Å²) in [6.07, 6.45) is 8.13. The third kappa shape index (κ3) is 8.50. The summed E-state index contributed by atoms with van der Waals surface area (Å²) >= 11 is 0. The highest BCUT2D eigenvalue weighted by Crippen LogP contribution is 2.14. The van der Waals surface area contributed by atoms with Gasteiger partial charge < -0.3 is 9.47 Å². The number of benzene rings is 1. The lowest BCUT2D eigenvalue weighted by molar-refractivity contribution is 0.0319. The predicted octanol–water partition coefficient (Wildman–Crippen LogP) is 5.94. The monoisotopic (exact) mass is 362 g/mol. The van der Waals surface area contributed by atoms with Gasteiger partial charge >= 0.3 is 11.9 Å². The fourth-order valence-corrected chi connectivity index (χ4v) is 2.76. The molecule has 0 N–H and O–H groups in total. The zero-order chi connectivity index (χ0) is 19.4. The zero-order valence-corrected chi connectivity index (χ0v) is 16.8. The van der Waals surface area contributed by atoms with Crippen LogP contribution in [0.15, 0.2) is 24.3 Å². The maximum Gasteiger partial charge on any atom is 0.338 e. The van der Waals surface area contributed by atoms with Gasteiger partial charge in [0.15, 0.2) is 0 Å². The largest absolute Gasteiger partial charge is 0.459 e. The van der Waals surface area contributed by atoms with Crippen LogP contribution < -0.4 is 0 Å². The van der Waals surface area contributed by atoms with Crippen molar-refractivity contribution in [2.75, 3.05) is 0 Å². The molecule has 1 aromatic rings. The van der Waals surface area contributed by atoms with Gasteiger partial charge in [0.25, 0.3) is 0 Å². The number of esters is 2. The van der Waals surface area contributed by atoms with Crippen molar-refractivity contribution in [1.82, 2.24) is 0 Å². The first-order valence-corrected chi connectivity index (χ1v) is 9.99. The summed E-state index contributed by atoms with van der Waals surface area (Å²) < 4.78 is 10.9. The minimum Gasteiger partial charge on any atom is -0.459 e. The summed E-state index contributed by atoms with van der Waals surface area (Å²) in [7, 11) is 0. The van der Waals surface area contributed by atoms with Crippen molar-refractivity contribution in [3.05, 3.63) is 35.4 Å². The Balaban J connectivity index is 2.57. The van der Waals surface area contributed by atoms with Crippen LogP contribution >= 0.6 is 0 Å². The van der Waals surface area contributed by atoms with Gasteiger partial charge in [-0.1, -0.05) is 45.6 Å². The Hall–Kier alpha value is -1.84. The Morgan fingerprint density at radius 1 is 0.808 bits per heavy atom. The summed E-state index contributed by atoms with van der Waals surface area (Å²) in [4.78, 5) is 24.6. The minimum atomic E-state index is -0.389. The molecule has 1 aromatic carbocycles. The first kappa shape index (κ1) is 22.2. The highest BCUT2D eigenvalue weighted by atomic mass is 16.5. The van der Waals surface area contributed by atoms with E-state index < -0.39 is 0 Å². The summed E-state index contributed by atoms with van der Waals surface area (Å²) in [5, 5.41) is 0. The van der Waals surface area contributed by atoms with Gasteiger partial charge in [-0.05, 0) is 57.7 Å². The molecule has 0 spiro atoms. The van der Waals surface area contributed by atoms with E-state index in [1.807, 2.05) is 13.8 Å². The van der Waals surface area contributed by atoms with E-state index in [0.717, 1.165) is 51.4 Å². The normalized spacial score (nSPS) is 13.1. The Labute approximate surface area is 158 Å². The van der Waals surface area contributed by atoms with Crippen LogP contribution in [0.3, 0.4) is 0 Å². The first-order valence-electron chi connectivity index (χ1n) is 9.99. The molecule has 0 bridgehead atoms. The number of carbonyl (C=O) groups excluding carboxylic acids is 2. The van der Waals surface area contributed by atoms with Crippen molar-refractivity contribution in [1.29, 1.82) is 0 Å². The van der Waals surface area contributed by atoms with Gasteiger partial charge in [0.05, 0.1) is 23.3 Å². The third-order valence-electron chi connectivity index (χ3n) is 4.38. The van der Waals surface area contributed by atoms with Gasteiger partial charge in [0, 0.05) is 0 Å². The van der Waals surface area contributed by atoms with Crippen LogP contribution in [-0.2, 0) is 9.47 Å². The SMILES string of the molecule is CCCCCC(C)OC(=O)c1cccc(C(=O)OC(C)CCCCC)c1. The van der Waals surface area contributed by atoms with Gasteiger partial charge in [-0.2, -0.15) is 0 Å². The summed E-state index contributed by atoms with van der Waals surface area (Å²) in [6, 6.07) is 6.59. The van der Waals surface area contributed by atoms with E-state index in [2.05, 4.69) is 13.8 Å². The molecule has 1 rings (SSSR count). The predicted molar refractivity (Wildman–Crippen MR) is 104 cm³/mol. The van der Waals surface area contributed by atoms with Crippen molar-refractivity contribution in [2.45, 2.75) is 91.3 Å². The van der Waals surface area contributed by atoms with Gasteiger partial charge in [-0.25, -0.2) is 9.59 Å². The summed E-state index contributed by atoms with van der Waals surface area (Å²) in [5.41, 5.74) is 0.779. The standard InChI is InChI=1S/C22H34O4/c1-5-7-9-12-17(3)25-21(23)19-14-11-15-20(16-19)22(24)26-18(4)13-10-8-6-2/h11,14-18H,5-10,12-13H2,1-4H3. The molecular weight excluding hydrogens is 328 g/mol. The van der Waals surface area contributed by atoms with Gasteiger partial charge in [0.1, 0.15) is 0 Å². The van der Waals surface area contributed by atoms with E-state index in [0.29, 0.717) is 11.1 Å². The molecule has 146 valence electrons. The van der Waals surface area contributed by atoms with Crippen LogP contribution in [-0.4, -0.2) is 24.1 Å². The zero-order valence-electron chi connectivity index (χ0n) is 16.8. The summed E-state index contributed by atoms with van der Waals surface area (Å²) in [5.74, 6) is -0.778. The number of ether oxygens (including phenoxy) is 2. The molecule has 0 fully saturated rings. The Morgan fingerprint density at radius 3 is 1.62 bits per heavy atom. The highest BCUT2D eigenvalue weighted by molar-refractivity contribution is 5.95. The Bertz CT molecular complexity index is 508. The number of hydrogen-bond donors (Lipinski definition) is 0. The molecule has 0 heterocycles. The number of unbranched alkanes of at least 4 members (excludes halogenated alkanes) is 4. The lowest BCUT2D eigenvalue weighted by Gasteiger charge is -2.14. The van der Waals surface area contributed by atoms with Crippen molar-refractivity contribution in [3.63, 3.8) is 0 Å². The molecule has 4 nitrogen and oxygen atoms in total. The second-order valence-corrected chi connectivity index (χ2v) is 7.00. The molecule has 0 saturated carbocycles. The van der Waals surface area contributed by atoms with Crippen molar-refractivity contribution in [3.8, 4) is 0 Å². The van der Waals surface area contributed by atoms with Crippen molar-refractivity contribution >= 4 is 11.9 Å². The first-order chi connectivity index (χ1) is 12.5. The second-order valence-electron chi connectivity index (χ2n) is 7.00. The van der Waals surface area contributed by atoms with E-state index >= 15 is 0 Å². The topological polar surface area (TPSA) is 52.6 Å². The molecule has 0 saturated heterocycles. The van der Waals surface area contributed by atoms with E-state index in [9.17, 15) is 9.59 Å². The van der Waals surface area contributed by atoms with Gasteiger partial charge in [-0.15, -0.1) is 0 Å². The fraction of sp³-hybridized carbons (Fsp3) is 0.636. The Morgan fingerprint density at radius 2 is 1.23 bits per heavy atom. The molecule has 26 heavy (non-hydrogen) atoms. The van der Waals surface area contributed by atoms with Crippen LogP contribution in [0.4, 0.5) is 0 Å². The van der Waals surface area contributed by atoms with Crippen LogP contribution in [0.2, 0.25) is 0 Å².